The summed E-state index contributed by atoms with van der Waals surface area (Å²) in [5, 5.41) is 0. The normalized spacial score (nSPS) is 16.1. The largest absolute Gasteiger partial charge is 0.459 e. The van der Waals surface area contributed by atoms with Crippen LogP contribution >= 0.6 is 15.9 Å². The molecule has 3 unspecified atom stereocenters. The molecule has 0 radical (unpaired) electrons. The second kappa shape index (κ2) is 10.5. The molecule has 0 aromatic heterocycles. The quantitative estimate of drug-likeness (QED) is 0.242. The topological polar surface area (TPSA) is 52.6 Å². The Morgan fingerprint density at radius 3 is 2.00 bits per heavy atom. The van der Waals surface area contributed by atoms with E-state index >= 15 is 0 Å². The summed E-state index contributed by atoms with van der Waals surface area (Å²) in [7, 11) is 0. The first-order valence-electron chi connectivity index (χ1n) is 8.52. The molecule has 0 spiro atoms. The molecule has 154 valence electrons. The van der Waals surface area contributed by atoms with Crippen molar-refractivity contribution in [2.45, 2.75) is 83.3 Å². The number of esters is 2. The van der Waals surface area contributed by atoms with Crippen LogP contribution in [0.3, 0.4) is 0 Å². The zero-order chi connectivity index (χ0) is 20.7. The van der Waals surface area contributed by atoms with Crippen molar-refractivity contribution >= 4 is 27.9 Å². The number of rotatable bonds is 11. The molecule has 0 aliphatic heterocycles. The van der Waals surface area contributed by atoms with Gasteiger partial charge in [0.1, 0.15) is 12.2 Å². The number of halogens is 5. The molecule has 0 aliphatic rings. The van der Waals surface area contributed by atoms with Crippen molar-refractivity contribution in [2.75, 3.05) is 0 Å². The molecule has 9 heteroatoms. The van der Waals surface area contributed by atoms with Gasteiger partial charge < -0.3 is 9.47 Å². The van der Waals surface area contributed by atoms with Crippen LogP contribution in [-0.4, -0.2) is 34.9 Å². The molecule has 0 heterocycles. The maximum absolute atomic E-state index is 13.3. The lowest BCUT2D eigenvalue weighted by Gasteiger charge is -2.31. The van der Waals surface area contributed by atoms with Crippen LogP contribution in [0, 0.1) is 11.8 Å². The van der Waals surface area contributed by atoms with Gasteiger partial charge in [-0.05, 0) is 40.6 Å². The van der Waals surface area contributed by atoms with E-state index < -0.39 is 47.7 Å². The van der Waals surface area contributed by atoms with Crippen molar-refractivity contribution in [1.29, 1.82) is 0 Å². The van der Waals surface area contributed by atoms with Crippen LogP contribution in [-0.2, 0) is 19.1 Å². The van der Waals surface area contributed by atoms with Crippen molar-refractivity contribution in [1.82, 2.24) is 0 Å². The molecule has 3 atom stereocenters. The monoisotopic (exact) mass is 450 g/mol. The maximum Gasteiger partial charge on any atom is 0.363 e. The van der Waals surface area contributed by atoms with E-state index in [1.807, 2.05) is 13.8 Å². The summed E-state index contributed by atoms with van der Waals surface area (Å²) < 4.78 is 62.5. The predicted molar refractivity (Wildman–Crippen MR) is 92.4 cm³/mol. The molecule has 0 bridgehead atoms. The SMILES string of the molecule is CCC(OC(C)=O)C(OC(=O)CCC(F)(F)C(F)(F)Br)C(C)CC(C)C. The predicted octanol–water partition coefficient (Wildman–Crippen LogP) is 5.33. The molecule has 0 fully saturated rings. The van der Waals surface area contributed by atoms with Crippen molar-refractivity contribution in [3.8, 4) is 0 Å². The number of ether oxygens (including phenoxy) is 2. The molecular formula is C17H27BrF4O4. The fourth-order valence-electron chi connectivity index (χ4n) is 2.64. The van der Waals surface area contributed by atoms with Crippen LogP contribution in [0.4, 0.5) is 17.6 Å². The third-order valence-electron chi connectivity index (χ3n) is 3.82. The van der Waals surface area contributed by atoms with E-state index in [4.69, 9.17) is 9.47 Å². The van der Waals surface area contributed by atoms with Crippen LogP contribution in [0.15, 0.2) is 0 Å². The minimum atomic E-state index is -4.41. The van der Waals surface area contributed by atoms with Gasteiger partial charge in [-0.2, -0.15) is 17.6 Å². The Bertz CT molecular complexity index is 466. The summed E-state index contributed by atoms with van der Waals surface area (Å²) >= 11 is 1.62. The van der Waals surface area contributed by atoms with Crippen LogP contribution in [0.1, 0.15) is 60.3 Å². The third kappa shape index (κ3) is 8.68. The molecular weight excluding hydrogens is 424 g/mol. The van der Waals surface area contributed by atoms with Gasteiger partial charge in [0, 0.05) is 13.3 Å². The van der Waals surface area contributed by atoms with Crippen molar-refractivity contribution < 1.29 is 36.6 Å². The van der Waals surface area contributed by atoms with Crippen LogP contribution in [0.5, 0.6) is 0 Å². The Hall–Kier alpha value is -0.860. The number of hydrogen-bond donors (Lipinski definition) is 0. The van der Waals surface area contributed by atoms with E-state index in [1.54, 1.807) is 29.8 Å². The zero-order valence-electron chi connectivity index (χ0n) is 15.7. The summed E-state index contributed by atoms with van der Waals surface area (Å²) in [6, 6.07) is 0. The van der Waals surface area contributed by atoms with Gasteiger partial charge in [0.05, 0.1) is 6.42 Å². The summed E-state index contributed by atoms with van der Waals surface area (Å²) in [6.45, 7) is 8.66. The highest BCUT2D eigenvalue weighted by atomic mass is 79.9. The Morgan fingerprint density at radius 1 is 1.08 bits per heavy atom. The van der Waals surface area contributed by atoms with Crippen molar-refractivity contribution in [2.24, 2.45) is 11.8 Å². The summed E-state index contributed by atoms with van der Waals surface area (Å²) in [6.07, 6.45) is -2.81. The Labute approximate surface area is 160 Å². The average molecular weight is 451 g/mol. The number of hydrogen-bond acceptors (Lipinski definition) is 4. The second-order valence-electron chi connectivity index (χ2n) is 6.82. The molecule has 0 saturated heterocycles. The first kappa shape index (κ1) is 25.1. The number of alkyl halides is 5. The maximum atomic E-state index is 13.3. The lowest BCUT2D eigenvalue weighted by molar-refractivity contribution is -0.177. The highest BCUT2D eigenvalue weighted by Gasteiger charge is 2.54. The van der Waals surface area contributed by atoms with E-state index in [2.05, 4.69) is 0 Å². The summed E-state index contributed by atoms with van der Waals surface area (Å²) in [5.41, 5.74) is 0. The number of carbonyl (C=O) groups excluding carboxylic acids is 2. The van der Waals surface area contributed by atoms with Gasteiger partial charge in [-0.15, -0.1) is 0 Å². The van der Waals surface area contributed by atoms with Crippen LogP contribution in [0.2, 0.25) is 0 Å². The second-order valence-corrected chi connectivity index (χ2v) is 7.82. The fraction of sp³-hybridized carbons (Fsp3) is 0.882. The molecule has 0 N–H and O–H groups in total. The molecule has 0 aliphatic carbocycles. The minimum Gasteiger partial charge on any atom is -0.459 e. The highest BCUT2D eigenvalue weighted by molar-refractivity contribution is 9.10. The van der Waals surface area contributed by atoms with Gasteiger partial charge in [0.25, 0.3) is 0 Å². The first-order chi connectivity index (χ1) is 11.7. The lowest BCUT2D eigenvalue weighted by atomic mass is 9.90. The van der Waals surface area contributed by atoms with Gasteiger partial charge in [-0.25, -0.2) is 0 Å². The summed E-state index contributed by atoms with van der Waals surface area (Å²) in [5.74, 6) is -5.92. The van der Waals surface area contributed by atoms with Gasteiger partial charge in [-0.3, -0.25) is 9.59 Å². The van der Waals surface area contributed by atoms with Crippen molar-refractivity contribution in [3.05, 3.63) is 0 Å². The minimum absolute atomic E-state index is 0.207. The average Bonchev–Trinajstić information content (AvgIpc) is 2.46. The third-order valence-corrected chi connectivity index (χ3v) is 4.40. The molecule has 4 nitrogen and oxygen atoms in total. The Morgan fingerprint density at radius 2 is 1.62 bits per heavy atom. The highest BCUT2D eigenvalue weighted by Crippen LogP contribution is 2.42. The molecule has 26 heavy (non-hydrogen) atoms. The summed E-state index contributed by atoms with van der Waals surface area (Å²) in [4.78, 5) is 18.8. The van der Waals surface area contributed by atoms with Crippen LogP contribution in [0.25, 0.3) is 0 Å². The van der Waals surface area contributed by atoms with Gasteiger partial charge in [0.15, 0.2) is 0 Å². The van der Waals surface area contributed by atoms with E-state index in [9.17, 15) is 27.2 Å². The first-order valence-corrected chi connectivity index (χ1v) is 9.31. The van der Waals surface area contributed by atoms with Crippen molar-refractivity contribution in [3.63, 3.8) is 0 Å². The lowest BCUT2D eigenvalue weighted by Crippen LogP contribution is -2.40. The van der Waals surface area contributed by atoms with Gasteiger partial charge in [0.2, 0.25) is 0 Å². The molecule has 0 aromatic rings. The smallest absolute Gasteiger partial charge is 0.363 e. The standard InChI is InChI=1S/C17H27BrF4O4/c1-6-13(25-12(5)23)15(11(4)9-10(2)3)26-14(24)7-8-16(19,20)17(18,21)22/h10-11,13,15H,6-9H2,1-5H3. The van der Waals surface area contributed by atoms with E-state index in [-0.39, 0.29) is 11.8 Å². The number of carbonyl (C=O) groups is 2. The Balaban J connectivity index is 5.10. The molecule has 0 aromatic carbocycles. The van der Waals surface area contributed by atoms with E-state index in [0.717, 1.165) is 0 Å². The van der Waals surface area contributed by atoms with E-state index in [1.165, 1.54) is 6.92 Å². The molecule has 0 rings (SSSR count). The van der Waals surface area contributed by atoms with E-state index in [0.29, 0.717) is 12.8 Å². The molecule has 0 amide bonds. The van der Waals surface area contributed by atoms with Gasteiger partial charge in [-0.1, -0.05) is 27.7 Å². The Kier molecular flexibility index (Phi) is 10.1. The molecule has 0 saturated carbocycles. The van der Waals surface area contributed by atoms with Crippen LogP contribution < -0.4 is 0 Å². The zero-order valence-corrected chi connectivity index (χ0v) is 17.2. The fourth-order valence-corrected chi connectivity index (χ4v) is 2.84. The van der Waals surface area contributed by atoms with Gasteiger partial charge >= 0.3 is 22.7 Å².